The fraction of sp³-hybridized carbons (Fsp3) is 0.238. The molecule has 1 unspecified atom stereocenters. The standard InChI is InChI=1S/C21H21ClN2OS/c1-14-10-15(2)20(16(3)11-14)19(12-24-9-8-23-13-24)26-21(25)17-4-6-18(22)7-5-17/h4-11,13,19H,12H2,1-3H3. The summed E-state index contributed by atoms with van der Waals surface area (Å²) in [5.41, 5.74) is 5.54. The summed E-state index contributed by atoms with van der Waals surface area (Å²) in [5.74, 6) is 0. The van der Waals surface area contributed by atoms with Crippen molar-refractivity contribution in [1.29, 1.82) is 0 Å². The van der Waals surface area contributed by atoms with Crippen LogP contribution < -0.4 is 0 Å². The number of carbonyl (C=O) groups excluding carboxylic acids is 1. The van der Waals surface area contributed by atoms with Gasteiger partial charge in [-0.2, -0.15) is 0 Å². The highest BCUT2D eigenvalue weighted by Crippen LogP contribution is 2.37. The third-order valence-electron chi connectivity index (χ3n) is 4.33. The van der Waals surface area contributed by atoms with Crippen molar-refractivity contribution in [3.05, 3.63) is 88.0 Å². The lowest BCUT2D eigenvalue weighted by molar-refractivity contribution is 0.108. The van der Waals surface area contributed by atoms with Crippen LogP contribution in [0.4, 0.5) is 0 Å². The van der Waals surface area contributed by atoms with Crippen LogP contribution in [-0.4, -0.2) is 14.7 Å². The van der Waals surface area contributed by atoms with Gasteiger partial charge in [-0.1, -0.05) is 41.1 Å². The van der Waals surface area contributed by atoms with Gasteiger partial charge in [0.25, 0.3) is 0 Å². The number of imidazole rings is 1. The molecule has 0 amide bonds. The van der Waals surface area contributed by atoms with Gasteiger partial charge in [-0.3, -0.25) is 4.79 Å². The monoisotopic (exact) mass is 384 g/mol. The Bertz CT molecular complexity index is 881. The smallest absolute Gasteiger partial charge is 0.220 e. The Kier molecular flexibility index (Phi) is 5.84. The van der Waals surface area contributed by atoms with Gasteiger partial charge in [0, 0.05) is 29.5 Å². The number of thioether (sulfide) groups is 1. The van der Waals surface area contributed by atoms with Gasteiger partial charge in [-0.15, -0.1) is 0 Å². The molecular weight excluding hydrogens is 364 g/mol. The van der Waals surface area contributed by atoms with Crippen molar-refractivity contribution in [1.82, 2.24) is 9.55 Å². The van der Waals surface area contributed by atoms with Crippen molar-refractivity contribution >= 4 is 28.5 Å². The molecule has 0 N–H and O–H groups in total. The fourth-order valence-corrected chi connectivity index (χ4v) is 4.65. The molecule has 0 saturated carbocycles. The molecule has 1 aromatic heterocycles. The minimum atomic E-state index is 0.00739. The molecular formula is C21H21ClN2OS. The molecule has 0 fully saturated rings. The molecule has 5 heteroatoms. The van der Waals surface area contributed by atoms with E-state index in [4.69, 9.17) is 11.6 Å². The van der Waals surface area contributed by atoms with Crippen LogP contribution in [0.3, 0.4) is 0 Å². The summed E-state index contributed by atoms with van der Waals surface area (Å²) in [6.07, 6.45) is 5.48. The van der Waals surface area contributed by atoms with Gasteiger partial charge in [-0.05, 0) is 61.7 Å². The van der Waals surface area contributed by atoms with Gasteiger partial charge in [-0.25, -0.2) is 4.98 Å². The van der Waals surface area contributed by atoms with E-state index in [9.17, 15) is 4.79 Å². The largest absolute Gasteiger partial charge is 0.336 e. The zero-order valence-electron chi connectivity index (χ0n) is 15.1. The van der Waals surface area contributed by atoms with Crippen LogP contribution in [0.1, 0.15) is 37.9 Å². The van der Waals surface area contributed by atoms with Gasteiger partial charge in [0.2, 0.25) is 5.12 Å². The van der Waals surface area contributed by atoms with Crippen LogP contribution in [0.25, 0.3) is 0 Å². The number of carbonyl (C=O) groups is 1. The van der Waals surface area contributed by atoms with E-state index >= 15 is 0 Å². The second-order valence-electron chi connectivity index (χ2n) is 6.47. The second kappa shape index (κ2) is 8.11. The Morgan fingerprint density at radius 3 is 2.38 bits per heavy atom. The van der Waals surface area contributed by atoms with Crippen molar-refractivity contribution in [2.24, 2.45) is 0 Å². The Balaban J connectivity index is 1.93. The number of hydrogen-bond acceptors (Lipinski definition) is 3. The van der Waals surface area contributed by atoms with Crippen molar-refractivity contribution < 1.29 is 4.79 Å². The molecule has 0 aliphatic carbocycles. The van der Waals surface area contributed by atoms with E-state index in [2.05, 4.69) is 37.9 Å². The summed E-state index contributed by atoms with van der Waals surface area (Å²) in [6.45, 7) is 7.02. The molecule has 3 aromatic rings. The number of benzene rings is 2. The highest BCUT2D eigenvalue weighted by molar-refractivity contribution is 8.14. The summed E-state index contributed by atoms with van der Waals surface area (Å²) in [7, 11) is 0. The van der Waals surface area contributed by atoms with E-state index in [-0.39, 0.29) is 10.4 Å². The third kappa shape index (κ3) is 4.37. The van der Waals surface area contributed by atoms with Gasteiger partial charge in [0.05, 0.1) is 11.6 Å². The van der Waals surface area contributed by atoms with Crippen molar-refractivity contribution in [3.8, 4) is 0 Å². The number of aryl methyl sites for hydroxylation is 3. The minimum Gasteiger partial charge on any atom is -0.336 e. The number of nitrogens with zero attached hydrogens (tertiary/aromatic N) is 2. The minimum absolute atomic E-state index is 0.00739. The molecule has 0 aliphatic rings. The van der Waals surface area contributed by atoms with Crippen molar-refractivity contribution in [2.45, 2.75) is 32.6 Å². The molecule has 1 atom stereocenters. The van der Waals surface area contributed by atoms with E-state index in [0.29, 0.717) is 17.1 Å². The zero-order chi connectivity index (χ0) is 18.7. The van der Waals surface area contributed by atoms with Gasteiger partial charge < -0.3 is 4.57 Å². The highest BCUT2D eigenvalue weighted by atomic mass is 35.5. The molecule has 0 spiro atoms. The van der Waals surface area contributed by atoms with E-state index in [0.717, 1.165) is 0 Å². The Morgan fingerprint density at radius 2 is 1.81 bits per heavy atom. The van der Waals surface area contributed by atoms with Gasteiger partial charge in [0.15, 0.2) is 0 Å². The first-order chi connectivity index (χ1) is 12.4. The summed E-state index contributed by atoms with van der Waals surface area (Å²) >= 11 is 7.30. The fourth-order valence-electron chi connectivity index (χ4n) is 3.26. The topological polar surface area (TPSA) is 34.9 Å². The summed E-state index contributed by atoms with van der Waals surface area (Å²) in [5, 5.41) is 0.686. The Morgan fingerprint density at radius 1 is 1.15 bits per heavy atom. The van der Waals surface area contributed by atoms with Crippen LogP contribution in [0, 0.1) is 20.8 Å². The molecule has 134 valence electrons. The van der Waals surface area contributed by atoms with E-state index in [1.807, 2.05) is 10.8 Å². The predicted molar refractivity (Wildman–Crippen MR) is 109 cm³/mol. The quantitative estimate of drug-likeness (QED) is 0.559. The Labute approximate surface area is 163 Å². The van der Waals surface area contributed by atoms with Crippen LogP contribution in [0.2, 0.25) is 5.02 Å². The Hall–Kier alpha value is -2.04. The predicted octanol–water partition coefficient (Wildman–Crippen LogP) is 5.78. The third-order valence-corrected chi connectivity index (χ3v) is 5.70. The van der Waals surface area contributed by atoms with Gasteiger partial charge in [0.1, 0.15) is 0 Å². The lowest BCUT2D eigenvalue weighted by atomic mass is 9.97. The number of hydrogen-bond donors (Lipinski definition) is 0. The molecule has 0 radical (unpaired) electrons. The highest BCUT2D eigenvalue weighted by Gasteiger charge is 2.22. The number of halogens is 1. The van der Waals surface area contributed by atoms with E-state index in [1.54, 1.807) is 36.8 Å². The molecule has 3 nitrogen and oxygen atoms in total. The molecule has 3 rings (SSSR count). The average molecular weight is 385 g/mol. The lowest BCUT2D eigenvalue weighted by Gasteiger charge is -2.22. The summed E-state index contributed by atoms with van der Waals surface area (Å²) < 4.78 is 2.02. The van der Waals surface area contributed by atoms with Crippen molar-refractivity contribution in [2.75, 3.05) is 0 Å². The SMILES string of the molecule is Cc1cc(C)c(C(Cn2ccnc2)SC(=O)c2ccc(Cl)cc2)c(C)c1. The second-order valence-corrected chi connectivity index (χ2v) is 8.08. The summed E-state index contributed by atoms with van der Waals surface area (Å²) in [6, 6.07) is 11.4. The number of rotatable bonds is 5. The molecule has 0 bridgehead atoms. The molecule has 0 saturated heterocycles. The number of aromatic nitrogens is 2. The maximum Gasteiger partial charge on any atom is 0.220 e. The first-order valence-corrected chi connectivity index (χ1v) is 9.70. The van der Waals surface area contributed by atoms with E-state index in [1.165, 1.54) is 34.0 Å². The molecule has 2 aromatic carbocycles. The lowest BCUT2D eigenvalue weighted by Crippen LogP contribution is -2.11. The first kappa shape index (κ1) is 18.7. The van der Waals surface area contributed by atoms with Crippen LogP contribution in [-0.2, 0) is 6.54 Å². The van der Waals surface area contributed by atoms with Gasteiger partial charge >= 0.3 is 0 Å². The van der Waals surface area contributed by atoms with Crippen molar-refractivity contribution in [3.63, 3.8) is 0 Å². The maximum atomic E-state index is 12.9. The average Bonchev–Trinajstić information content (AvgIpc) is 3.07. The van der Waals surface area contributed by atoms with Crippen LogP contribution in [0.5, 0.6) is 0 Å². The van der Waals surface area contributed by atoms with Crippen LogP contribution in [0.15, 0.2) is 55.1 Å². The molecule has 26 heavy (non-hydrogen) atoms. The molecule has 0 aliphatic heterocycles. The van der Waals surface area contributed by atoms with Crippen LogP contribution >= 0.6 is 23.4 Å². The molecule has 1 heterocycles. The zero-order valence-corrected chi connectivity index (χ0v) is 16.6. The maximum absolute atomic E-state index is 12.9. The first-order valence-electron chi connectivity index (χ1n) is 8.44. The summed E-state index contributed by atoms with van der Waals surface area (Å²) in [4.78, 5) is 17.0. The normalized spacial score (nSPS) is 12.2. The van der Waals surface area contributed by atoms with E-state index < -0.39 is 0 Å².